The van der Waals surface area contributed by atoms with E-state index < -0.39 is 0 Å². The lowest BCUT2D eigenvalue weighted by Gasteiger charge is -2.37. The van der Waals surface area contributed by atoms with Gasteiger partial charge in [-0.15, -0.1) is 5.10 Å². The number of ketones is 1. The van der Waals surface area contributed by atoms with Crippen LogP contribution in [0.2, 0.25) is 0 Å². The number of Topliss-reactive ketones (excluding diaryl/α,β-unsaturated/α-hetero) is 1. The summed E-state index contributed by atoms with van der Waals surface area (Å²) < 4.78 is 3.71. The van der Waals surface area contributed by atoms with E-state index in [2.05, 4.69) is 34.3 Å². The van der Waals surface area contributed by atoms with Crippen LogP contribution in [0, 0.1) is 5.41 Å². The zero-order valence-corrected chi connectivity index (χ0v) is 15.7. The molecule has 1 atom stereocenters. The lowest BCUT2D eigenvalue weighted by atomic mass is 9.73. The molecule has 1 aliphatic carbocycles. The Morgan fingerprint density at radius 2 is 2.20 bits per heavy atom. The van der Waals surface area contributed by atoms with E-state index in [4.69, 9.17) is 0 Å². The Balaban J connectivity index is 1.88. The predicted octanol–water partition coefficient (Wildman–Crippen LogP) is 2.87. The van der Waals surface area contributed by atoms with Crippen molar-refractivity contribution in [1.29, 1.82) is 0 Å². The van der Waals surface area contributed by atoms with Crippen molar-refractivity contribution in [3.8, 4) is 0 Å². The minimum Gasteiger partial charge on any atom is -0.328 e. The van der Waals surface area contributed by atoms with Crippen LogP contribution in [0.5, 0.6) is 0 Å². The third-order valence-corrected chi connectivity index (χ3v) is 5.33. The van der Waals surface area contributed by atoms with Gasteiger partial charge in [-0.2, -0.15) is 10.1 Å². The van der Waals surface area contributed by atoms with Crippen LogP contribution in [-0.4, -0.2) is 36.6 Å². The number of aryl methyl sites for hydroxylation is 1. The van der Waals surface area contributed by atoms with Crippen molar-refractivity contribution in [1.82, 2.24) is 24.5 Å². The second-order valence-corrected chi connectivity index (χ2v) is 8.13. The third kappa shape index (κ3) is 2.68. The van der Waals surface area contributed by atoms with Crippen molar-refractivity contribution in [2.45, 2.75) is 51.4 Å². The van der Waals surface area contributed by atoms with Crippen molar-refractivity contribution in [3.63, 3.8) is 0 Å². The zero-order valence-electron chi connectivity index (χ0n) is 14.9. The Kier molecular flexibility index (Phi) is 3.75. The highest BCUT2D eigenvalue weighted by Crippen LogP contribution is 2.45. The van der Waals surface area contributed by atoms with Crippen molar-refractivity contribution in [3.05, 3.63) is 29.2 Å². The monoisotopic (exact) mass is 358 g/mol. The summed E-state index contributed by atoms with van der Waals surface area (Å²) in [5.41, 5.74) is 2.71. The molecule has 0 saturated heterocycles. The van der Waals surface area contributed by atoms with Gasteiger partial charge in [-0.05, 0) is 25.0 Å². The number of rotatable bonds is 3. The smallest absolute Gasteiger partial charge is 0.227 e. The van der Waals surface area contributed by atoms with Gasteiger partial charge in [0.25, 0.3) is 0 Å². The maximum absolute atomic E-state index is 13.0. The van der Waals surface area contributed by atoms with Crippen LogP contribution < -0.4 is 5.32 Å². The molecule has 0 fully saturated rings. The van der Waals surface area contributed by atoms with E-state index in [1.807, 2.05) is 34.9 Å². The molecular weight excluding hydrogens is 336 g/mol. The number of fused-ring (bicyclic) bond motifs is 1. The number of nitrogens with one attached hydrogen (secondary N) is 1. The average molecular weight is 358 g/mol. The molecule has 1 N–H and O–H groups in total. The van der Waals surface area contributed by atoms with Crippen LogP contribution in [0.15, 0.2) is 28.8 Å². The Bertz CT molecular complexity index is 878. The van der Waals surface area contributed by atoms with Crippen molar-refractivity contribution >= 4 is 23.5 Å². The van der Waals surface area contributed by atoms with Gasteiger partial charge in [0.15, 0.2) is 5.78 Å². The zero-order chi connectivity index (χ0) is 17.8. The number of carbonyl (C=O) groups excluding carboxylic acids is 1. The molecule has 2 aromatic heterocycles. The van der Waals surface area contributed by atoms with Gasteiger partial charge in [0.2, 0.25) is 11.1 Å². The highest BCUT2D eigenvalue weighted by Gasteiger charge is 2.42. The molecule has 0 unspecified atom stereocenters. The fourth-order valence-corrected chi connectivity index (χ4v) is 4.03. The summed E-state index contributed by atoms with van der Waals surface area (Å²) >= 11 is 1.50. The van der Waals surface area contributed by atoms with Gasteiger partial charge in [0.1, 0.15) is 6.04 Å². The number of carbonyl (C=O) groups is 1. The maximum atomic E-state index is 13.0. The van der Waals surface area contributed by atoms with Crippen LogP contribution >= 0.6 is 11.8 Å². The van der Waals surface area contributed by atoms with E-state index in [1.165, 1.54) is 11.8 Å². The molecule has 0 saturated carbocycles. The second kappa shape index (κ2) is 5.72. The Hall–Kier alpha value is -2.09. The quantitative estimate of drug-likeness (QED) is 0.850. The summed E-state index contributed by atoms with van der Waals surface area (Å²) in [6.07, 6.45) is 7.16. The van der Waals surface area contributed by atoms with E-state index in [0.29, 0.717) is 17.5 Å². The molecule has 3 heterocycles. The number of allylic oxidation sites excluding steroid dienone is 2. The van der Waals surface area contributed by atoms with Gasteiger partial charge in [-0.3, -0.25) is 9.48 Å². The number of aromatic nitrogens is 5. The molecular formula is C17H22N6OS. The molecule has 2 aliphatic rings. The normalized spacial score (nSPS) is 21.8. The van der Waals surface area contributed by atoms with Crippen LogP contribution in [0.1, 0.15) is 45.2 Å². The maximum Gasteiger partial charge on any atom is 0.227 e. The molecule has 2 aromatic rings. The summed E-state index contributed by atoms with van der Waals surface area (Å²) in [6, 6.07) is -0.261. The topological polar surface area (TPSA) is 77.6 Å². The number of nitrogens with zero attached hydrogens (tertiary/aromatic N) is 5. The summed E-state index contributed by atoms with van der Waals surface area (Å²) in [4.78, 5) is 17.6. The first-order valence-electron chi connectivity index (χ1n) is 8.48. The van der Waals surface area contributed by atoms with Gasteiger partial charge in [-0.25, -0.2) is 4.68 Å². The molecule has 132 valence electrons. The van der Waals surface area contributed by atoms with Crippen LogP contribution in [-0.2, 0) is 11.3 Å². The fraction of sp³-hybridized carbons (Fsp3) is 0.529. The standard InChI is InChI=1S/C17H22N6OS/c1-5-22-9-10(8-18-22)14-13-11(6-17(2,3)7-12(13)24)19-15-20-16(25-4)21-23(14)15/h8-9,14H,5-7H2,1-4H3,(H,19,20,21)/t14-/m0/s1. The van der Waals surface area contributed by atoms with Crippen molar-refractivity contribution in [2.75, 3.05) is 11.6 Å². The van der Waals surface area contributed by atoms with Crippen LogP contribution in [0.4, 0.5) is 5.95 Å². The van der Waals surface area contributed by atoms with E-state index in [-0.39, 0.29) is 17.2 Å². The number of hydrogen-bond donors (Lipinski definition) is 1. The SMILES string of the molecule is CCn1cc([C@H]2C3=C(CC(C)(C)CC3=O)Nc3nc(SC)nn32)cn1. The lowest BCUT2D eigenvalue weighted by Crippen LogP contribution is -2.36. The van der Waals surface area contributed by atoms with Crippen molar-refractivity contribution in [2.24, 2.45) is 5.41 Å². The van der Waals surface area contributed by atoms with E-state index in [1.54, 1.807) is 0 Å². The van der Waals surface area contributed by atoms with Gasteiger partial charge in [0.05, 0.1) is 6.20 Å². The van der Waals surface area contributed by atoms with Crippen LogP contribution in [0.25, 0.3) is 0 Å². The van der Waals surface area contributed by atoms with Gasteiger partial charge >= 0.3 is 0 Å². The highest BCUT2D eigenvalue weighted by atomic mass is 32.2. The van der Waals surface area contributed by atoms with E-state index in [9.17, 15) is 4.79 Å². The molecule has 0 spiro atoms. The minimum atomic E-state index is -0.261. The second-order valence-electron chi connectivity index (χ2n) is 7.36. The number of hydrogen-bond acceptors (Lipinski definition) is 6. The molecule has 1 aliphatic heterocycles. The average Bonchev–Trinajstić information content (AvgIpc) is 3.17. The summed E-state index contributed by atoms with van der Waals surface area (Å²) in [5.74, 6) is 0.877. The Labute approximate surface area is 150 Å². The Morgan fingerprint density at radius 3 is 2.88 bits per heavy atom. The van der Waals surface area contributed by atoms with Gasteiger partial charge < -0.3 is 5.32 Å². The molecule has 8 heteroatoms. The first-order valence-corrected chi connectivity index (χ1v) is 9.70. The summed E-state index contributed by atoms with van der Waals surface area (Å²) in [6.45, 7) is 7.10. The molecule has 25 heavy (non-hydrogen) atoms. The van der Waals surface area contributed by atoms with Gasteiger partial charge in [0, 0.05) is 36.0 Å². The largest absolute Gasteiger partial charge is 0.328 e. The summed E-state index contributed by atoms with van der Waals surface area (Å²) in [5, 5.41) is 13.1. The molecule has 4 rings (SSSR count). The fourth-order valence-electron chi connectivity index (χ4n) is 3.68. The lowest BCUT2D eigenvalue weighted by molar-refractivity contribution is -0.118. The highest BCUT2D eigenvalue weighted by molar-refractivity contribution is 7.98. The minimum absolute atomic E-state index is 0.0500. The molecule has 7 nitrogen and oxygen atoms in total. The van der Waals surface area contributed by atoms with Crippen molar-refractivity contribution < 1.29 is 4.79 Å². The first kappa shape index (κ1) is 16.4. The molecule has 0 aromatic carbocycles. The van der Waals surface area contributed by atoms with E-state index >= 15 is 0 Å². The number of anilines is 1. The van der Waals surface area contributed by atoms with Gasteiger partial charge in [-0.1, -0.05) is 25.6 Å². The summed E-state index contributed by atoms with van der Waals surface area (Å²) in [7, 11) is 0. The third-order valence-electron chi connectivity index (χ3n) is 4.79. The Morgan fingerprint density at radius 1 is 1.40 bits per heavy atom. The number of thioether (sulfide) groups is 1. The predicted molar refractivity (Wildman–Crippen MR) is 96.5 cm³/mol. The first-order chi connectivity index (χ1) is 11.9. The molecule has 0 radical (unpaired) electrons. The van der Waals surface area contributed by atoms with E-state index in [0.717, 1.165) is 29.8 Å². The molecule has 0 amide bonds. The van der Waals surface area contributed by atoms with Crippen LogP contribution in [0.3, 0.4) is 0 Å². The molecule has 0 bridgehead atoms.